The molecule has 0 N–H and O–H groups in total. The molecule has 1 aliphatic heterocycles. The zero-order chi connectivity index (χ0) is 12.3. The van der Waals surface area contributed by atoms with Crippen LogP contribution in [0.5, 0.6) is 0 Å². The van der Waals surface area contributed by atoms with Crippen molar-refractivity contribution >= 4 is 11.8 Å². The quantitative estimate of drug-likeness (QED) is 0.589. The lowest BCUT2D eigenvalue weighted by Crippen LogP contribution is -2.33. The molecule has 0 saturated carbocycles. The van der Waals surface area contributed by atoms with Gasteiger partial charge in [-0.1, -0.05) is 19.8 Å². The van der Waals surface area contributed by atoms with Gasteiger partial charge in [-0.15, -0.1) is 0 Å². The molecule has 0 unspecified atom stereocenters. The average Bonchev–Trinajstić information content (AvgIpc) is 2.39. The molecule has 2 nitrogen and oxygen atoms in total. The maximum atomic E-state index is 5.53. The topological polar surface area (TPSA) is 12.5 Å². The Labute approximate surface area is 111 Å². The van der Waals surface area contributed by atoms with Crippen molar-refractivity contribution in [1.29, 1.82) is 0 Å². The Balaban J connectivity index is 1.97. The molecule has 1 aliphatic rings. The molecule has 102 valence electrons. The van der Waals surface area contributed by atoms with E-state index in [1.165, 1.54) is 69.7 Å². The van der Waals surface area contributed by atoms with Crippen molar-refractivity contribution in [3.8, 4) is 0 Å². The fourth-order valence-electron chi connectivity index (χ4n) is 2.34. The monoisotopic (exact) mass is 259 g/mol. The predicted molar refractivity (Wildman–Crippen MR) is 77.9 cm³/mol. The van der Waals surface area contributed by atoms with Crippen LogP contribution in [0.2, 0.25) is 0 Å². The average molecular weight is 259 g/mol. The molecule has 0 amide bonds. The maximum absolute atomic E-state index is 5.53. The lowest BCUT2D eigenvalue weighted by atomic mass is 10.1. The van der Waals surface area contributed by atoms with Gasteiger partial charge in [0.2, 0.25) is 0 Å². The second-order valence-corrected chi connectivity index (χ2v) is 6.17. The van der Waals surface area contributed by atoms with Gasteiger partial charge in [-0.25, -0.2) is 0 Å². The number of hydrogen-bond acceptors (Lipinski definition) is 3. The summed E-state index contributed by atoms with van der Waals surface area (Å²) in [4.78, 5) is 2.62. The Kier molecular flexibility index (Phi) is 9.21. The number of unbranched alkanes of at least 4 members (excludes halogenated alkanes) is 2. The van der Waals surface area contributed by atoms with E-state index in [2.05, 4.69) is 23.6 Å². The van der Waals surface area contributed by atoms with Crippen LogP contribution in [-0.4, -0.2) is 49.3 Å². The van der Waals surface area contributed by atoms with Crippen LogP contribution in [0.1, 0.15) is 45.4 Å². The highest BCUT2D eigenvalue weighted by atomic mass is 32.2. The summed E-state index contributed by atoms with van der Waals surface area (Å²) in [6.45, 7) is 6.15. The minimum Gasteiger partial charge on any atom is -0.381 e. The van der Waals surface area contributed by atoms with Gasteiger partial charge in [-0.2, -0.15) is 11.8 Å². The normalized spacial score (nSPS) is 19.4. The summed E-state index contributed by atoms with van der Waals surface area (Å²) in [5, 5.41) is 0. The van der Waals surface area contributed by atoms with E-state index in [4.69, 9.17) is 4.74 Å². The number of ether oxygens (including phenoxy) is 1. The molecule has 0 aromatic carbocycles. The van der Waals surface area contributed by atoms with Gasteiger partial charge in [0.25, 0.3) is 0 Å². The molecule has 3 heteroatoms. The van der Waals surface area contributed by atoms with Gasteiger partial charge in [0.1, 0.15) is 0 Å². The molecule has 0 radical (unpaired) electrons. The molecule has 1 atom stereocenters. The second-order valence-electron chi connectivity index (χ2n) is 4.95. The van der Waals surface area contributed by atoms with Crippen LogP contribution in [0.3, 0.4) is 0 Å². The summed E-state index contributed by atoms with van der Waals surface area (Å²) in [5.74, 6) is 2.66. The Morgan fingerprint density at radius 2 is 1.82 bits per heavy atom. The number of nitrogens with zero attached hydrogens (tertiary/aromatic N) is 1. The second kappa shape index (κ2) is 10.2. The van der Waals surface area contributed by atoms with Crippen LogP contribution in [0.25, 0.3) is 0 Å². The van der Waals surface area contributed by atoms with E-state index in [9.17, 15) is 0 Å². The van der Waals surface area contributed by atoms with Crippen LogP contribution < -0.4 is 0 Å². The molecule has 0 spiro atoms. The van der Waals surface area contributed by atoms with Gasteiger partial charge < -0.3 is 9.64 Å². The number of rotatable bonds is 9. The predicted octanol–water partition coefficient (Wildman–Crippen LogP) is 3.41. The molecule has 1 saturated heterocycles. The van der Waals surface area contributed by atoms with Crippen molar-refractivity contribution in [2.45, 2.75) is 51.6 Å². The third-order valence-electron chi connectivity index (χ3n) is 3.57. The van der Waals surface area contributed by atoms with Gasteiger partial charge in [-0.05, 0) is 32.2 Å². The third-order valence-corrected chi connectivity index (χ3v) is 4.51. The molecular weight excluding hydrogens is 230 g/mol. The maximum Gasteiger partial charge on any atom is 0.0571 e. The summed E-state index contributed by atoms with van der Waals surface area (Å²) < 4.78 is 5.53. The van der Waals surface area contributed by atoms with Crippen LogP contribution in [0.15, 0.2) is 0 Å². The Morgan fingerprint density at radius 1 is 1.12 bits per heavy atom. The number of hydrogen-bond donors (Lipinski definition) is 0. The first-order valence-corrected chi connectivity index (χ1v) is 8.35. The van der Waals surface area contributed by atoms with Crippen LogP contribution in [-0.2, 0) is 4.74 Å². The van der Waals surface area contributed by atoms with Crippen LogP contribution in [0.4, 0.5) is 0 Å². The first-order chi connectivity index (χ1) is 8.36. The molecule has 0 bridgehead atoms. The highest BCUT2D eigenvalue weighted by Gasteiger charge is 2.10. The van der Waals surface area contributed by atoms with Crippen LogP contribution >= 0.6 is 11.8 Å². The molecule has 1 heterocycles. The van der Waals surface area contributed by atoms with E-state index in [1.807, 2.05) is 7.11 Å². The molecule has 0 aromatic heterocycles. The summed E-state index contributed by atoms with van der Waals surface area (Å²) in [7, 11) is 1.86. The van der Waals surface area contributed by atoms with Crippen molar-refractivity contribution < 1.29 is 4.74 Å². The van der Waals surface area contributed by atoms with Crippen molar-refractivity contribution in [2.75, 3.05) is 38.2 Å². The zero-order valence-corrected chi connectivity index (χ0v) is 12.4. The van der Waals surface area contributed by atoms with Crippen molar-refractivity contribution in [3.63, 3.8) is 0 Å². The highest BCUT2D eigenvalue weighted by Crippen LogP contribution is 2.13. The summed E-state index contributed by atoms with van der Waals surface area (Å²) in [5.41, 5.74) is 0. The van der Waals surface area contributed by atoms with E-state index in [1.54, 1.807) is 0 Å². The molecule has 1 fully saturated rings. The number of methoxy groups -OCH3 is 1. The fourth-order valence-corrected chi connectivity index (χ4v) is 3.32. The Hall–Kier alpha value is 0.270. The molecular formula is C14H29NOS. The summed E-state index contributed by atoms with van der Waals surface area (Å²) >= 11 is 2.09. The minimum absolute atomic E-state index is 0.506. The summed E-state index contributed by atoms with van der Waals surface area (Å²) in [6.07, 6.45) is 8.26. The standard InChI is InChI=1S/C14H29NOS/c1-3-4-7-14(16-2)8-5-6-9-15-10-12-17-13-11-15/h14H,3-13H2,1-2H3/t14-/m0/s1. The molecule has 17 heavy (non-hydrogen) atoms. The smallest absolute Gasteiger partial charge is 0.0571 e. The van der Waals surface area contributed by atoms with Gasteiger partial charge >= 0.3 is 0 Å². The van der Waals surface area contributed by atoms with Crippen molar-refractivity contribution in [2.24, 2.45) is 0 Å². The fraction of sp³-hybridized carbons (Fsp3) is 1.00. The van der Waals surface area contributed by atoms with E-state index < -0.39 is 0 Å². The molecule has 1 rings (SSSR count). The van der Waals surface area contributed by atoms with Crippen molar-refractivity contribution in [1.82, 2.24) is 4.90 Å². The largest absolute Gasteiger partial charge is 0.381 e. The third kappa shape index (κ3) is 7.32. The highest BCUT2D eigenvalue weighted by molar-refractivity contribution is 7.99. The van der Waals surface area contributed by atoms with E-state index in [0.29, 0.717) is 6.10 Å². The Morgan fingerprint density at radius 3 is 2.47 bits per heavy atom. The first-order valence-electron chi connectivity index (χ1n) is 7.19. The molecule has 0 aromatic rings. The van der Waals surface area contributed by atoms with E-state index >= 15 is 0 Å². The zero-order valence-electron chi connectivity index (χ0n) is 11.6. The van der Waals surface area contributed by atoms with E-state index in [-0.39, 0.29) is 0 Å². The van der Waals surface area contributed by atoms with Gasteiger partial charge in [0, 0.05) is 31.7 Å². The first kappa shape index (κ1) is 15.3. The summed E-state index contributed by atoms with van der Waals surface area (Å²) in [6, 6.07) is 0. The Bertz CT molecular complexity index is 172. The number of thioether (sulfide) groups is 1. The van der Waals surface area contributed by atoms with Gasteiger partial charge in [0.05, 0.1) is 6.10 Å². The van der Waals surface area contributed by atoms with Crippen molar-refractivity contribution in [3.05, 3.63) is 0 Å². The van der Waals surface area contributed by atoms with Crippen LogP contribution in [0, 0.1) is 0 Å². The minimum atomic E-state index is 0.506. The lowest BCUT2D eigenvalue weighted by Gasteiger charge is -2.26. The van der Waals surface area contributed by atoms with Gasteiger partial charge in [-0.3, -0.25) is 0 Å². The van der Waals surface area contributed by atoms with Gasteiger partial charge in [0.15, 0.2) is 0 Å². The van der Waals surface area contributed by atoms with E-state index in [0.717, 1.165) is 0 Å². The lowest BCUT2D eigenvalue weighted by molar-refractivity contribution is 0.0830. The SMILES string of the molecule is CCCC[C@@H](CCCCN1CCSCC1)OC. The molecule has 0 aliphatic carbocycles.